The first-order valence-electron chi connectivity index (χ1n) is 9.76. The summed E-state index contributed by atoms with van der Waals surface area (Å²) in [6.45, 7) is 1.80. The molecule has 11 heteroatoms. The third-order valence-electron chi connectivity index (χ3n) is 4.98. The first kappa shape index (κ1) is 24.0. The number of carbonyl (C=O) groups is 1. The van der Waals surface area contributed by atoms with Crippen molar-refractivity contribution in [3.05, 3.63) is 78.3 Å². The van der Waals surface area contributed by atoms with Crippen molar-refractivity contribution in [3.8, 4) is 0 Å². The van der Waals surface area contributed by atoms with Gasteiger partial charge < -0.3 is 4.57 Å². The van der Waals surface area contributed by atoms with Crippen LogP contribution in [0.15, 0.2) is 46.0 Å². The summed E-state index contributed by atoms with van der Waals surface area (Å²) in [4.78, 5) is 37.8. The number of benzene rings is 2. The molecule has 0 aliphatic rings. The minimum Gasteiger partial charge on any atom is -0.305 e. The molecule has 0 atom stereocenters. The van der Waals surface area contributed by atoms with Gasteiger partial charge in [0.05, 0.1) is 23.3 Å². The monoisotopic (exact) mass is 497 g/mol. The average Bonchev–Trinajstić information content (AvgIpc) is 2.74. The van der Waals surface area contributed by atoms with Gasteiger partial charge in [0.15, 0.2) is 0 Å². The Hall–Kier alpha value is -2.62. The van der Waals surface area contributed by atoms with Gasteiger partial charge in [0.1, 0.15) is 0 Å². The van der Waals surface area contributed by atoms with Gasteiger partial charge in [-0.05, 0) is 42.3 Å². The maximum absolute atomic E-state index is 12.8. The molecule has 2 aromatic carbocycles. The molecule has 0 saturated heterocycles. The summed E-state index contributed by atoms with van der Waals surface area (Å²) in [6.07, 6.45) is 1.09. The summed E-state index contributed by atoms with van der Waals surface area (Å²) < 4.78 is 28.6. The Kier molecular flexibility index (Phi) is 7.12. The smallest absolute Gasteiger partial charge is 0.305 e. The fourth-order valence-corrected chi connectivity index (χ4v) is 4.84. The predicted molar refractivity (Wildman–Crippen MR) is 125 cm³/mol. The van der Waals surface area contributed by atoms with E-state index < -0.39 is 27.0 Å². The van der Waals surface area contributed by atoms with E-state index in [4.69, 9.17) is 23.2 Å². The first-order chi connectivity index (χ1) is 15.0. The summed E-state index contributed by atoms with van der Waals surface area (Å²) in [6, 6.07) is 9.03. The van der Waals surface area contributed by atoms with Crippen LogP contribution < -0.4 is 15.8 Å². The van der Waals surface area contributed by atoms with Gasteiger partial charge in [-0.25, -0.2) is 13.1 Å². The van der Waals surface area contributed by atoms with Gasteiger partial charge in [-0.3, -0.25) is 19.0 Å². The van der Waals surface area contributed by atoms with Crippen LogP contribution in [0.1, 0.15) is 35.7 Å². The van der Waals surface area contributed by atoms with Gasteiger partial charge in [-0.15, -0.1) is 0 Å². The number of aryl methyl sites for hydroxylation is 1. The molecule has 170 valence electrons. The molecule has 1 heterocycles. The minimum absolute atomic E-state index is 0.0339. The Morgan fingerprint density at radius 3 is 2.41 bits per heavy atom. The van der Waals surface area contributed by atoms with Crippen molar-refractivity contribution in [1.29, 1.82) is 0 Å². The molecule has 0 aliphatic heterocycles. The number of sulfonamides is 1. The number of carbonyl (C=O) groups excluding carboxylic acids is 1. The predicted octanol–water partition coefficient (Wildman–Crippen LogP) is 2.92. The van der Waals surface area contributed by atoms with Crippen LogP contribution in [-0.4, -0.2) is 29.2 Å². The lowest BCUT2D eigenvalue weighted by Crippen LogP contribution is -2.41. The number of aromatic nitrogens is 2. The highest BCUT2D eigenvalue weighted by molar-refractivity contribution is 7.90. The van der Waals surface area contributed by atoms with Crippen LogP contribution in [0.5, 0.6) is 0 Å². The molecule has 3 aromatic rings. The molecule has 0 bridgehead atoms. The minimum atomic E-state index is -3.79. The first-order valence-corrected chi connectivity index (χ1v) is 12.2. The number of halogens is 2. The zero-order valence-electron chi connectivity index (χ0n) is 17.4. The topological polar surface area (TPSA) is 107 Å². The van der Waals surface area contributed by atoms with E-state index in [0.717, 1.165) is 0 Å². The fourth-order valence-electron chi connectivity index (χ4n) is 3.20. The van der Waals surface area contributed by atoms with Crippen molar-refractivity contribution >= 4 is 50.2 Å². The van der Waals surface area contributed by atoms with Gasteiger partial charge >= 0.3 is 11.1 Å². The second-order valence-electron chi connectivity index (χ2n) is 7.30. The van der Waals surface area contributed by atoms with Gasteiger partial charge in [0, 0.05) is 22.7 Å². The number of nitrogens with one attached hydrogen (secondary N) is 1. The Morgan fingerprint density at radius 1 is 1.03 bits per heavy atom. The van der Waals surface area contributed by atoms with Crippen LogP contribution >= 0.6 is 23.2 Å². The largest absolute Gasteiger partial charge is 0.317 e. The molecule has 1 amide bonds. The van der Waals surface area contributed by atoms with Crippen LogP contribution in [0.3, 0.4) is 0 Å². The van der Waals surface area contributed by atoms with Crippen LogP contribution in [0.2, 0.25) is 10.0 Å². The van der Waals surface area contributed by atoms with Crippen LogP contribution in [0.4, 0.5) is 0 Å². The number of fused-ring (bicyclic) bond motifs is 1. The zero-order valence-corrected chi connectivity index (χ0v) is 19.7. The van der Waals surface area contributed by atoms with Crippen LogP contribution in [-0.2, 0) is 23.6 Å². The molecule has 0 radical (unpaired) electrons. The second-order valence-corrected chi connectivity index (χ2v) is 9.98. The highest BCUT2D eigenvalue weighted by atomic mass is 35.5. The summed E-state index contributed by atoms with van der Waals surface area (Å²) in [5, 5.41) is 0.734. The van der Waals surface area contributed by atoms with Crippen LogP contribution in [0.25, 0.3) is 11.0 Å². The molecular formula is C21H21Cl2N3O5S. The van der Waals surface area contributed by atoms with Gasteiger partial charge in [-0.1, -0.05) is 42.6 Å². The molecule has 3 rings (SSSR count). The van der Waals surface area contributed by atoms with Crippen molar-refractivity contribution in [1.82, 2.24) is 13.9 Å². The third kappa shape index (κ3) is 5.06. The lowest BCUT2D eigenvalue weighted by molar-refractivity contribution is 0.0981. The van der Waals surface area contributed by atoms with E-state index in [1.54, 1.807) is 12.1 Å². The SMILES string of the molecule is CCCCS(=O)(=O)NC(=O)c1ccc2c(c1)n(Cc1ccc(Cl)cc1Cl)c(=O)c(=O)n2C. The number of nitrogens with zero attached hydrogens (tertiary/aromatic N) is 2. The van der Waals surface area contributed by atoms with E-state index in [0.29, 0.717) is 34.0 Å². The lowest BCUT2D eigenvalue weighted by Gasteiger charge is -2.15. The number of hydrogen-bond acceptors (Lipinski definition) is 5. The Bertz CT molecular complexity index is 1430. The van der Waals surface area contributed by atoms with Crippen molar-refractivity contribution in [2.75, 3.05) is 5.75 Å². The Morgan fingerprint density at radius 2 is 1.75 bits per heavy atom. The third-order valence-corrected chi connectivity index (χ3v) is 6.89. The van der Waals surface area contributed by atoms with Crippen molar-refractivity contribution in [2.24, 2.45) is 7.05 Å². The molecule has 32 heavy (non-hydrogen) atoms. The second kappa shape index (κ2) is 9.48. The molecule has 1 aromatic heterocycles. The standard InChI is InChI=1S/C21H21Cl2N3O5S/c1-3-4-9-32(30,31)24-19(27)13-6-8-17-18(10-13)26(21(29)20(28)25(17)2)12-14-5-7-15(22)11-16(14)23/h5-8,10-11H,3-4,9,12H2,1-2H3,(H,24,27). The molecule has 1 N–H and O–H groups in total. The molecule has 0 saturated carbocycles. The number of unbranched alkanes of at least 4 members (excludes halogenated alkanes) is 1. The zero-order chi connectivity index (χ0) is 23.6. The van der Waals surface area contributed by atoms with Gasteiger partial charge in [0.2, 0.25) is 10.0 Å². The van der Waals surface area contributed by atoms with Crippen molar-refractivity contribution in [3.63, 3.8) is 0 Å². The lowest BCUT2D eigenvalue weighted by atomic mass is 10.1. The highest BCUT2D eigenvalue weighted by Gasteiger charge is 2.18. The summed E-state index contributed by atoms with van der Waals surface area (Å²) >= 11 is 12.2. The quantitative estimate of drug-likeness (QED) is 0.504. The Labute approximate surface area is 194 Å². The van der Waals surface area contributed by atoms with Crippen molar-refractivity contribution < 1.29 is 13.2 Å². The average molecular weight is 498 g/mol. The van der Waals surface area contributed by atoms with Crippen molar-refractivity contribution in [2.45, 2.75) is 26.3 Å². The Balaban J connectivity index is 2.12. The van der Waals surface area contributed by atoms with E-state index in [1.807, 2.05) is 11.6 Å². The van der Waals surface area contributed by atoms with E-state index in [9.17, 15) is 22.8 Å². The highest BCUT2D eigenvalue weighted by Crippen LogP contribution is 2.23. The van der Waals surface area contributed by atoms with Gasteiger partial charge in [0.25, 0.3) is 5.91 Å². The number of rotatable bonds is 7. The van der Waals surface area contributed by atoms with E-state index in [-0.39, 0.29) is 23.4 Å². The molecule has 0 unspecified atom stereocenters. The molecule has 8 nitrogen and oxygen atoms in total. The number of amides is 1. The molecule has 0 aliphatic carbocycles. The van der Waals surface area contributed by atoms with E-state index >= 15 is 0 Å². The van der Waals surface area contributed by atoms with E-state index in [1.165, 1.54) is 40.4 Å². The normalized spacial score (nSPS) is 11.6. The maximum atomic E-state index is 12.8. The summed E-state index contributed by atoms with van der Waals surface area (Å²) in [5.41, 5.74) is -0.302. The maximum Gasteiger partial charge on any atom is 0.317 e. The number of hydrogen-bond donors (Lipinski definition) is 1. The fraction of sp³-hybridized carbons (Fsp3) is 0.286. The molecular weight excluding hydrogens is 477 g/mol. The summed E-state index contributed by atoms with van der Waals surface area (Å²) in [7, 11) is -2.34. The summed E-state index contributed by atoms with van der Waals surface area (Å²) in [5.74, 6) is -0.989. The molecule has 0 spiro atoms. The van der Waals surface area contributed by atoms with Crippen LogP contribution in [0, 0.1) is 0 Å². The van der Waals surface area contributed by atoms with E-state index in [2.05, 4.69) is 0 Å². The molecule has 0 fully saturated rings. The van der Waals surface area contributed by atoms with Gasteiger partial charge in [-0.2, -0.15) is 0 Å².